The topological polar surface area (TPSA) is 37.3 Å². The van der Waals surface area contributed by atoms with Gasteiger partial charge in [-0.3, -0.25) is 4.79 Å². The van der Waals surface area contributed by atoms with Crippen LogP contribution in [0.3, 0.4) is 0 Å². The minimum absolute atomic E-state index is 0. The Morgan fingerprint density at radius 1 is 1.80 bits per heavy atom. The third kappa shape index (κ3) is 7.50. The third-order valence-corrected chi connectivity index (χ3v) is 1.48. The Bertz CT molecular complexity index is 103. The van der Waals surface area contributed by atoms with Crippen molar-refractivity contribution in [2.75, 3.05) is 0 Å². The van der Waals surface area contributed by atoms with E-state index in [0.29, 0.717) is 6.42 Å². The monoisotopic (exact) mass is 190 g/mol. The van der Waals surface area contributed by atoms with E-state index in [-0.39, 0.29) is 52.8 Å². The molecule has 56 valence electrons. The number of unbranched alkanes of at least 4 members (excludes halogenated alkanes) is 1. The quantitative estimate of drug-likeness (QED) is 0.456. The van der Waals surface area contributed by atoms with Crippen molar-refractivity contribution in [3.8, 4) is 0 Å². The summed E-state index contributed by atoms with van der Waals surface area (Å²) in [5, 5.41) is 7.59. The van der Waals surface area contributed by atoms with Crippen molar-refractivity contribution >= 4 is 17.6 Å². The standard InChI is InChI=1S/C6H11ClO2.K.H/c1-2-3-4-5(7)6(8)9;;/h5H,2-4H2,1H3,(H,8,9);;/q;+1;-1. The van der Waals surface area contributed by atoms with Gasteiger partial charge in [-0.25, -0.2) is 0 Å². The van der Waals surface area contributed by atoms with Gasteiger partial charge in [0.05, 0.1) is 0 Å². The van der Waals surface area contributed by atoms with Crippen molar-refractivity contribution in [3.63, 3.8) is 0 Å². The number of halogens is 1. The molecule has 0 aromatic carbocycles. The Hall–Kier alpha value is 1.40. The van der Waals surface area contributed by atoms with Crippen molar-refractivity contribution in [2.24, 2.45) is 0 Å². The Kier molecular flexibility index (Phi) is 11.8. The minimum Gasteiger partial charge on any atom is -1.00 e. The van der Waals surface area contributed by atoms with E-state index in [2.05, 4.69) is 0 Å². The summed E-state index contributed by atoms with van der Waals surface area (Å²) in [4.78, 5) is 10.1. The zero-order valence-corrected chi connectivity index (χ0v) is 10.3. The number of carboxylic acid groups (broad SMARTS) is 1. The molecular formula is C6H12ClKO2. The van der Waals surface area contributed by atoms with Crippen LogP contribution < -0.4 is 51.4 Å². The first-order valence-corrected chi connectivity index (χ1v) is 3.49. The zero-order chi connectivity index (χ0) is 7.28. The maximum absolute atomic E-state index is 10.1. The van der Waals surface area contributed by atoms with Gasteiger partial charge in [0.15, 0.2) is 0 Å². The Balaban J connectivity index is -0.000000320. The maximum atomic E-state index is 10.1. The first-order valence-electron chi connectivity index (χ1n) is 3.05. The molecule has 0 saturated carbocycles. The number of alkyl halides is 1. The van der Waals surface area contributed by atoms with Crippen molar-refractivity contribution in [2.45, 2.75) is 31.6 Å². The van der Waals surface area contributed by atoms with Gasteiger partial charge in [0.1, 0.15) is 5.38 Å². The van der Waals surface area contributed by atoms with Crippen molar-refractivity contribution in [1.29, 1.82) is 0 Å². The second-order valence-electron chi connectivity index (χ2n) is 1.95. The van der Waals surface area contributed by atoms with Crippen LogP contribution in [0.4, 0.5) is 0 Å². The SMILES string of the molecule is CCCCC(Cl)C(=O)O.[H-].[K+]. The molecule has 0 amide bonds. The maximum Gasteiger partial charge on any atom is 1.00 e. The molecule has 1 atom stereocenters. The summed E-state index contributed by atoms with van der Waals surface area (Å²) < 4.78 is 0. The molecule has 0 heterocycles. The summed E-state index contributed by atoms with van der Waals surface area (Å²) in [6, 6.07) is 0. The fourth-order valence-corrected chi connectivity index (χ4v) is 0.661. The van der Waals surface area contributed by atoms with Crippen LogP contribution >= 0.6 is 11.6 Å². The van der Waals surface area contributed by atoms with Crippen LogP contribution in [0.1, 0.15) is 27.6 Å². The number of carbonyl (C=O) groups is 1. The molecule has 0 aliphatic rings. The third-order valence-electron chi connectivity index (χ3n) is 1.08. The summed E-state index contributed by atoms with van der Waals surface area (Å²) in [6.45, 7) is 2.01. The summed E-state index contributed by atoms with van der Waals surface area (Å²) in [7, 11) is 0. The summed E-state index contributed by atoms with van der Waals surface area (Å²) in [5.41, 5.74) is 0. The normalized spacial score (nSPS) is 11.8. The van der Waals surface area contributed by atoms with E-state index in [1.807, 2.05) is 6.92 Å². The Morgan fingerprint density at radius 2 is 2.30 bits per heavy atom. The van der Waals surface area contributed by atoms with Gasteiger partial charge in [-0.05, 0) is 6.42 Å². The van der Waals surface area contributed by atoms with Gasteiger partial charge < -0.3 is 6.53 Å². The number of rotatable bonds is 4. The molecule has 0 bridgehead atoms. The fraction of sp³-hybridized carbons (Fsp3) is 0.833. The molecule has 1 N–H and O–H groups in total. The van der Waals surface area contributed by atoms with Crippen LogP contribution in [0.2, 0.25) is 0 Å². The zero-order valence-electron chi connectivity index (χ0n) is 7.43. The van der Waals surface area contributed by atoms with Crippen LogP contribution in [0.5, 0.6) is 0 Å². The average Bonchev–Trinajstić information content (AvgIpc) is 1.82. The molecule has 4 heteroatoms. The number of hydrogen-bond donors (Lipinski definition) is 1. The van der Waals surface area contributed by atoms with E-state index in [4.69, 9.17) is 16.7 Å². The van der Waals surface area contributed by atoms with Crippen LogP contribution in [-0.2, 0) is 4.79 Å². The Morgan fingerprint density at radius 3 is 2.60 bits per heavy atom. The molecular weight excluding hydrogens is 179 g/mol. The summed E-state index contributed by atoms with van der Waals surface area (Å²) >= 11 is 5.39. The molecule has 10 heavy (non-hydrogen) atoms. The predicted molar refractivity (Wildman–Crippen MR) is 37.9 cm³/mol. The number of aliphatic carboxylic acids is 1. The number of hydrogen-bond acceptors (Lipinski definition) is 1. The van der Waals surface area contributed by atoms with E-state index in [1.165, 1.54) is 0 Å². The van der Waals surface area contributed by atoms with Crippen LogP contribution in [0.15, 0.2) is 0 Å². The largest absolute Gasteiger partial charge is 1.00 e. The van der Waals surface area contributed by atoms with Gasteiger partial charge in [-0.1, -0.05) is 19.8 Å². The van der Waals surface area contributed by atoms with Gasteiger partial charge in [-0.2, -0.15) is 0 Å². The molecule has 1 unspecified atom stereocenters. The molecule has 0 radical (unpaired) electrons. The van der Waals surface area contributed by atoms with Crippen LogP contribution in [0, 0.1) is 0 Å². The first-order chi connectivity index (χ1) is 4.18. The summed E-state index contributed by atoms with van der Waals surface area (Å²) in [5.74, 6) is -0.912. The van der Waals surface area contributed by atoms with Crippen LogP contribution in [0.25, 0.3) is 0 Å². The van der Waals surface area contributed by atoms with E-state index in [9.17, 15) is 4.79 Å². The van der Waals surface area contributed by atoms with E-state index >= 15 is 0 Å². The molecule has 0 rings (SSSR count). The molecule has 0 fully saturated rings. The van der Waals surface area contributed by atoms with E-state index in [0.717, 1.165) is 12.8 Å². The van der Waals surface area contributed by atoms with Crippen molar-refractivity contribution in [1.82, 2.24) is 0 Å². The molecule has 0 aromatic rings. The molecule has 2 nitrogen and oxygen atoms in total. The first kappa shape index (κ1) is 14.0. The Labute approximate surface area is 110 Å². The van der Waals surface area contributed by atoms with Crippen LogP contribution in [-0.4, -0.2) is 16.5 Å². The van der Waals surface area contributed by atoms with Gasteiger partial charge in [0.2, 0.25) is 0 Å². The van der Waals surface area contributed by atoms with Gasteiger partial charge in [-0.15, -0.1) is 11.6 Å². The molecule has 0 aromatic heterocycles. The van der Waals surface area contributed by atoms with Gasteiger partial charge >= 0.3 is 57.4 Å². The molecule has 0 spiro atoms. The molecule has 0 aliphatic heterocycles. The smallest absolute Gasteiger partial charge is 1.00 e. The molecule has 0 aliphatic carbocycles. The second kappa shape index (κ2) is 8.49. The van der Waals surface area contributed by atoms with Gasteiger partial charge in [0, 0.05) is 0 Å². The van der Waals surface area contributed by atoms with Gasteiger partial charge in [0.25, 0.3) is 0 Å². The van der Waals surface area contributed by atoms with Crippen molar-refractivity contribution < 1.29 is 62.7 Å². The minimum atomic E-state index is -0.912. The second-order valence-corrected chi connectivity index (χ2v) is 2.47. The van der Waals surface area contributed by atoms with E-state index < -0.39 is 11.3 Å². The molecule has 0 saturated heterocycles. The predicted octanol–water partition coefficient (Wildman–Crippen LogP) is -1.01. The number of carboxylic acids is 1. The fourth-order valence-electron chi connectivity index (χ4n) is 0.507. The summed E-state index contributed by atoms with van der Waals surface area (Å²) in [6.07, 6.45) is 2.46. The van der Waals surface area contributed by atoms with Crippen molar-refractivity contribution in [3.05, 3.63) is 0 Å². The van der Waals surface area contributed by atoms with E-state index in [1.54, 1.807) is 0 Å². The average molecular weight is 191 g/mol.